The molecule has 2 rings (SSSR count). The summed E-state index contributed by atoms with van der Waals surface area (Å²) in [6, 6.07) is 3.50. The van der Waals surface area contributed by atoms with Crippen LogP contribution in [0.4, 0.5) is 4.39 Å². The van der Waals surface area contributed by atoms with Gasteiger partial charge in [-0.2, -0.15) is 0 Å². The quantitative estimate of drug-likeness (QED) is 0.763. The van der Waals surface area contributed by atoms with Gasteiger partial charge in [0.15, 0.2) is 0 Å². The highest BCUT2D eigenvalue weighted by atomic mass is 19.1. The number of piperidine rings is 1. The molecule has 0 radical (unpaired) electrons. The second-order valence-corrected chi connectivity index (χ2v) is 4.58. The summed E-state index contributed by atoms with van der Waals surface area (Å²) in [7, 11) is 0. The van der Waals surface area contributed by atoms with Gasteiger partial charge in [0, 0.05) is 24.2 Å². The Morgan fingerprint density at radius 2 is 2.33 bits per heavy atom. The van der Waals surface area contributed by atoms with Crippen LogP contribution >= 0.6 is 0 Å². The number of rotatable bonds is 3. The highest BCUT2D eigenvalue weighted by molar-refractivity contribution is 5.82. The van der Waals surface area contributed by atoms with Gasteiger partial charge < -0.3 is 10.4 Å². The van der Waals surface area contributed by atoms with Crippen LogP contribution in [0.5, 0.6) is 5.75 Å². The van der Waals surface area contributed by atoms with Crippen LogP contribution in [0, 0.1) is 5.82 Å². The third kappa shape index (κ3) is 2.79. The van der Waals surface area contributed by atoms with Crippen LogP contribution in [-0.4, -0.2) is 23.6 Å². The molecule has 0 aromatic heterocycles. The fourth-order valence-electron chi connectivity index (χ4n) is 2.19. The van der Waals surface area contributed by atoms with E-state index in [0.717, 1.165) is 18.9 Å². The standard InChI is InChI=1S/C13H17FN2O2/c1-8(10-5-4-9(17)7-11(10)14)16-12-3-2-6-15-13(12)18/h4-5,7-8,12,16-17H,2-3,6H2,1H3,(H,15,18). The molecule has 1 heterocycles. The number of amides is 1. The van der Waals surface area contributed by atoms with Gasteiger partial charge in [-0.3, -0.25) is 10.1 Å². The number of phenols is 1. The molecule has 98 valence electrons. The lowest BCUT2D eigenvalue weighted by molar-refractivity contribution is -0.124. The zero-order valence-electron chi connectivity index (χ0n) is 10.2. The van der Waals surface area contributed by atoms with Crippen molar-refractivity contribution in [1.82, 2.24) is 10.6 Å². The van der Waals surface area contributed by atoms with Crippen LogP contribution in [0.15, 0.2) is 18.2 Å². The van der Waals surface area contributed by atoms with Crippen molar-refractivity contribution >= 4 is 5.91 Å². The molecule has 0 spiro atoms. The summed E-state index contributed by atoms with van der Waals surface area (Å²) in [5.74, 6) is -0.600. The fraction of sp³-hybridized carbons (Fsp3) is 0.462. The highest BCUT2D eigenvalue weighted by Crippen LogP contribution is 2.22. The maximum absolute atomic E-state index is 13.7. The maximum Gasteiger partial charge on any atom is 0.237 e. The Morgan fingerprint density at radius 3 is 3.00 bits per heavy atom. The summed E-state index contributed by atoms with van der Waals surface area (Å²) >= 11 is 0. The third-order valence-corrected chi connectivity index (χ3v) is 3.19. The van der Waals surface area contributed by atoms with Gasteiger partial charge in [-0.25, -0.2) is 4.39 Å². The van der Waals surface area contributed by atoms with Gasteiger partial charge in [0.05, 0.1) is 6.04 Å². The van der Waals surface area contributed by atoms with Crippen molar-refractivity contribution in [3.05, 3.63) is 29.6 Å². The Bertz CT molecular complexity index is 451. The zero-order chi connectivity index (χ0) is 13.1. The number of carbonyl (C=O) groups is 1. The minimum absolute atomic E-state index is 0.0349. The molecule has 1 amide bonds. The number of halogens is 1. The Labute approximate surface area is 105 Å². The van der Waals surface area contributed by atoms with E-state index in [2.05, 4.69) is 10.6 Å². The van der Waals surface area contributed by atoms with Crippen LogP contribution in [0.2, 0.25) is 0 Å². The van der Waals surface area contributed by atoms with E-state index in [-0.39, 0.29) is 23.7 Å². The molecular formula is C13H17FN2O2. The van der Waals surface area contributed by atoms with Crippen molar-refractivity contribution in [2.45, 2.75) is 31.8 Å². The van der Waals surface area contributed by atoms with Gasteiger partial charge >= 0.3 is 0 Å². The third-order valence-electron chi connectivity index (χ3n) is 3.19. The Morgan fingerprint density at radius 1 is 1.56 bits per heavy atom. The molecular weight excluding hydrogens is 235 g/mol. The van der Waals surface area contributed by atoms with E-state index in [1.54, 1.807) is 6.92 Å². The van der Waals surface area contributed by atoms with E-state index in [4.69, 9.17) is 5.11 Å². The minimum atomic E-state index is -0.466. The average molecular weight is 252 g/mol. The first kappa shape index (κ1) is 12.8. The van der Waals surface area contributed by atoms with Gasteiger partial charge in [0.2, 0.25) is 5.91 Å². The van der Waals surface area contributed by atoms with Crippen molar-refractivity contribution in [1.29, 1.82) is 0 Å². The molecule has 1 saturated heterocycles. The number of hydrogen-bond donors (Lipinski definition) is 3. The van der Waals surface area contributed by atoms with Crippen LogP contribution in [0.3, 0.4) is 0 Å². The topological polar surface area (TPSA) is 61.4 Å². The fourth-order valence-corrected chi connectivity index (χ4v) is 2.19. The molecule has 1 fully saturated rings. The largest absolute Gasteiger partial charge is 0.508 e. The molecule has 5 heteroatoms. The lowest BCUT2D eigenvalue weighted by Gasteiger charge is -2.26. The van der Waals surface area contributed by atoms with Crippen molar-refractivity contribution in [2.75, 3.05) is 6.54 Å². The number of phenolic OH excluding ortho intramolecular Hbond substituents is 1. The summed E-state index contributed by atoms with van der Waals surface area (Å²) in [6.07, 6.45) is 1.68. The van der Waals surface area contributed by atoms with Crippen LogP contribution in [0.1, 0.15) is 31.4 Å². The molecule has 0 aliphatic carbocycles. The lowest BCUT2D eigenvalue weighted by atomic mass is 10.0. The number of nitrogens with one attached hydrogen (secondary N) is 2. The SMILES string of the molecule is CC(NC1CCCNC1=O)c1ccc(O)cc1F. The van der Waals surface area contributed by atoms with Crippen molar-refractivity contribution in [2.24, 2.45) is 0 Å². The lowest BCUT2D eigenvalue weighted by Crippen LogP contribution is -2.48. The van der Waals surface area contributed by atoms with E-state index < -0.39 is 5.82 Å². The Hall–Kier alpha value is -1.62. The number of aromatic hydroxyl groups is 1. The summed E-state index contributed by atoms with van der Waals surface area (Å²) in [5, 5.41) is 15.0. The zero-order valence-corrected chi connectivity index (χ0v) is 10.2. The van der Waals surface area contributed by atoms with E-state index >= 15 is 0 Å². The average Bonchev–Trinajstić information content (AvgIpc) is 2.32. The first-order valence-electron chi connectivity index (χ1n) is 6.10. The molecule has 2 unspecified atom stereocenters. The first-order valence-corrected chi connectivity index (χ1v) is 6.10. The summed E-state index contributed by atoms with van der Waals surface area (Å²) in [6.45, 7) is 2.51. The molecule has 18 heavy (non-hydrogen) atoms. The molecule has 0 saturated carbocycles. The van der Waals surface area contributed by atoms with E-state index in [1.165, 1.54) is 12.1 Å². The molecule has 2 atom stereocenters. The van der Waals surface area contributed by atoms with E-state index in [1.807, 2.05) is 0 Å². The van der Waals surface area contributed by atoms with Gasteiger partial charge in [-0.05, 0) is 25.8 Å². The first-order chi connectivity index (χ1) is 8.58. The molecule has 1 aliphatic heterocycles. The molecule has 1 aromatic carbocycles. The predicted octanol–water partition coefficient (Wildman–Crippen LogP) is 1.46. The monoisotopic (exact) mass is 252 g/mol. The predicted molar refractivity (Wildman–Crippen MR) is 65.6 cm³/mol. The molecule has 0 bridgehead atoms. The Kier molecular flexibility index (Phi) is 3.81. The normalized spacial score (nSPS) is 21.4. The summed E-state index contributed by atoms with van der Waals surface area (Å²) < 4.78 is 13.7. The van der Waals surface area contributed by atoms with Crippen molar-refractivity contribution in [3.63, 3.8) is 0 Å². The summed E-state index contributed by atoms with van der Waals surface area (Å²) in [5.41, 5.74) is 0.450. The molecule has 1 aliphatic rings. The van der Waals surface area contributed by atoms with E-state index in [9.17, 15) is 9.18 Å². The van der Waals surface area contributed by atoms with Crippen molar-refractivity contribution < 1.29 is 14.3 Å². The van der Waals surface area contributed by atoms with Gasteiger partial charge in [0.1, 0.15) is 11.6 Å². The van der Waals surface area contributed by atoms with Gasteiger partial charge in [-0.1, -0.05) is 6.07 Å². The minimum Gasteiger partial charge on any atom is -0.508 e. The van der Waals surface area contributed by atoms with Crippen LogP contribution in [-0.2, 0) is 4.79 Å². The van der Waals surface area contributed by atoms with Gasteiger partial charge in [-0.15, -0.1) is 0 Å². The molecule has 3 N–H and O–H groups in total. The smallest absolute Gasteiger partial charge is 0.237 e. The van der Waals surface area contributed by atoms with Crippen molar-refractivity contribution in [3.8, 4) is 5.75 Å². The number of benzene rings is 1. The highest BCUT2D eigenvalue weighted by Gasteiger charge is 2.24. The van der Waals surface area contributed by atoms with Gasteiger partial charge in [0.25, 0.3) is 0 Å². The number of carbonyl (C=O) groups excluding carboxylic acids is 1. The van der Waals surface area contributed by atoms with Crippen LogP contribution < -0.4 is 10.6 Å². The second kappa shape index (κ2) is 5.35. The Balaban J connectivity index is 2.06. The molecule has 1 aromatic rings. The second-order valence-electron chi connectivity index (χ2n) is 4.58. The van der Waals surface area contributed by atoms with E-state index in [0.29, 0.717) is 12.1 Å². The number of hydrogen-bond acceptors (Lipinski definition) is 3. The summed E-state index contributed by atoms with van der Waals surface area (Å²) in [4.78, 5) is 11.6. The molecule has 4 nitrogen and oxygen atoms in total. The van der Waals surface area contributed by atoms with Crippen LogP contribution in [0.25, 0.3) is 0 Å². The maximum atomic E-state index is 13.7.